The summed E-state index contributed by atoms with van der Waals surface area (Å²) >= 11 is 0. The minimum atomic E-state index is -0.384. The van der Waals surface area contributed by atoms with Gasteiger partial charge in [0.1, 0.15) is 0 Å². The Morgan fingerprint density at radius 1 is 1.56 bits per heavy atom. The van der Waals surface area contributed by atoms with E-state index in [9.17, 15) is 10.1 Å². The Kier molecular flexibility index (Phi) is 3.17. The van der Waals surface area contributed by atoms with E-state index in [0.29, 0.717) is 6.42 Å². The fraction of sp³-hybridized carbons (Fsp3) is 0.455. The van der Waals surface area contributed by atoms with Crippen LogP contribution >= 0.6 is 0 Å². The van der Waals surface area contributed by atoms with E-state index in [4.69, 9.17) is 5.11 Å². The van der Waals surface area contributed by atoms with Crippen molar-refractivity contribution in [3.63, 3.8) is 0 Å². The monoisotopic (exact) mass is 222 g/mol. The molecular weight excluding hydrogens is 208 g/mol. The quantitative estimate of drug-likeness (QED) is 0.594. The van der Waals surface area contributed by atoms with Crippen molar-refractivity contribution in [2.24, 2.45) is 0 Å². The lowest BCUT2D eigenvalue weighted by molar-refractivity contribution is -0.385. The van der Waals surface area contributed by atoms with E-state index < -0.39 is 0 Å². The van der Waals surface area contributed by atoms with Crippen LogP contribution in [0.3, 0.4) is 0 Å². The van der Waals surface area contributed by atoms with Gasteiger partial charge in [-0.1, -0.05) is 6.07 Å². The summed E-state index contributed by atoms with van der Waals surface area (Å²) in [5.41, 5.74) is 2.21. The number of rotatable bonds is 3. The third kappa shape index (κ3) is 2.05. The normalized spacial score (nSPS) is 19.2. The van der Waals surface area contributed by atoms with Crippen molar-refractivity contribution in [2.75, 3.05) is 13.2 Å². The molecule has 0 aliphatic carbocycles. The molecule has 0 saturated carbocycles. The smallest absolute Gasteiger partial charge is 0.269 e. The molecule has 86 valence electrons. The maximum absolute atomic E-state index is 10.7. The Labute approximate surface area is 93.2 Å². The van der Waals surface area contributed by atoms with Crippen LogP contribution < -0.4 is 5.32 Å². The minimum Gasteiger partial charge on any atom is -0.396 e. The second-order valence-electron chi connectivity index (χ2n) is 3.91. The van der Waals surface area contributed by atoms with Crippen LogP contribution in [-0.2, 0) is 6.42 Å². The number of nitrogens with zero attached hydrogens (tertiary/aromatic N) is 1. The Morgan fingerprint density at radius 3 is 3.06 bits per heavy atom. The van der Waals surface area contributed by atoms with Crippen LogP contribution in [0.4, 0.5) is 5.69 Å². The molecule has 0 amide bonds. The Morgan fingerprint density at radius 2 is 2.38 bits per heavy atom. The summed E-state index contributed by atoms with van der Waals surface area (Å²) in [7, 11) is 0. The Bertz CT molecular complexity index is 406. The molecule has 5 nitrogen and oxygen atoms in total. The maximum Gasteiger partial charge on any atom is 0.269 e. The van der Waals surface area contributed by atoms with Gasteiger partial charge in [0.05, 0.1) is 4.92 Å². The first-order valence-electron chi connectivity index (χ1n) is 5.34. The van der Waals surface area contributed by atoms with E-state index in [1.807, 2.05) is 6.07 Å². The predicted molar refractivity (Wildman–Crippen MR) is 59.2 cm³/mol. The first-order valence-corrected chi connectivity index (χ1v) is 5.34. The second-order valence-corrected chi connectivity index (χ2v) is 3.91. The van der Waals surface area contributed by atoms with Crippen molar-refractivity contribution < 1.29 is 10.0 Å². The van der Waals surface area contributed by atoms with Crippen LogP contribution in [0.1, 0.15) is 23.6 Å². The number of aliphatic hydroxyl groups is 1. The number of nitro benzene ring substituents is 1. The molecule has 0 radical (unpaired) electrons. The van der Waals surface area contributed by atoms with Gasteiger partial charge in [-0.15, -0.1) is 0 Å². The molecule has 1 aromatic rings. The van der Waals surface area contributed by atoms with E-state index in [1.54, 1.807) is 12.1 Å². The van der Waals surface area contributed by atoms with Crippen LogP contribution in [0.5, 0.6) is 0 Å². The Hall–Kier alpha value is -1.46. The fourth-order valence-electron chi connectivity index (χ4n) is 2.13. The SMILES string of the molecule is O=[N+]([O-])c1ccc2c(c1)C(CCO)NCC2. The van der Waals surface area contributed by atoms with Crippen molar-refractivity contribution in [1.82, 2.24) is 5.32 Å². The number of fused-ring (bicyclic) bond motifs is 1. The lowest BCUT2D eigenvalue weighted by atomic mass is 9.92. The van der Waals surface area contributed by atoms with Crippen molar-refractivity contribution in [1.29, 1.82) is 0 Å². The molecule has 0 bridgehead atoms. The molecule has 1 aliphatic rings. The summed E-state index contributed by atoms with van der Waals surface area (Å²) in [5, 5.41) is 22.9. The summed E-state index contributed by atoms with van der Waals surface area (Å²) in [6.45, 7) is 0.940. The number of benzene rings is 1. The summed E-state index contributed by atoms with van der Waals surface area (Å²) in [6.07, 6.45) is 1.48. The maximum atomic E-state index is 10.7. The van der Waals surface area contributed by atoms with E-state index >= 15 is 0 Å². The summed E-state index contributed by atoms with van der Waals surface area (Å²) in [6, 6.07) is 5.01. The van der Waals surface area contributed by atoms with Gasteiger partial charge in [0.15, 0.2) is 0 Å². The van der Waals surface area contributed by atoms with E-state index in [0.717, 1.165) is 24.1 Å². The van der Waals surface area contributed by atoms with Crippen LogP contribution in [-0.4, -0.2) is 23.2 Å². The molecular formula is C11H14N2O3. The highest BCUT2D eigenvalue weighted by Gasteiger charge is 2.21. The molecule has 1 heterocycles. The highest BCUT2D eigenvalue weighted by atomic mass is 16.6. The molecule has 1 aromatic carbocycles. The Balaban J connectivity index is 2.36. The van der Waals surface area contributed by atoms with E-state index in [-0.39, 0.29) is 23.3 Å². The molecule has 0 spiro atoms. The summed E-state index contributed by atoms with van der Waals surface area (Å²) in [5.74, 6) is 0. The topological polar surface area (TPSA) is 75.4 Å². The van der Waals surface area contributed by atoms with Crippen LogP contribution in [0.2, 0.25) is 0 Å². The van der Waals surface area contributed by atoms with Crippen molar-refractivity contribution in [3.8, 4) is 0 Å². The predicted octanol–water partition coefficient (Wildman–Crippen LogP) is 1.16. The number of aliphatic hydroxyl groups excluding tert-OH is 1. The lowest BCUT2D eigenvalue weighted by Gasteiger charge is -2.26. The number of nitro groups is 1. The average Bonchev–Trinajstić information content (AvgIpc) is 2.29. The molecule has 1 atom stereocenters. The van der Waals surface area contributed by atoms with Crippen molar-refractivity contribution >= 4 is 5.69 Å². The number of non-ortho nitro benzene ring substituents is 1. The molecule has 1 aliphatic heterocycles. The first-order chi connectivity index (χ1) is 7.72. The zero-order chi connectivity index (χ0) is 11.5. The van der Waals surface area contributed by atoms with Crippen LogP contribution in [0.15, 0.2) is 18.2 Å². The molecule has 0 aromatic heterocycles. The summed E-state index contributed by atoms with van der Waals surface area (Å²) < 4.78 is 0. The standard InChI is InChI=1S/C11H14N2O3/c14-6-4-11-10-7-9(13(15)16)2-1-8(10)3-5-12-11/h1-2,7,11-12,14H,3-6H2. The van der Waals surface area contributed by atoms with Gasteiger partial charge in [-0.2, -0.15) is 0 Å². The van der Waals surface area contributed by atoms with Gasteiger partial charge in [-0.05, 0) is 30.5 Å². The largest absolute Gasteiger partial charge is 0.396 e. The van der Waals surface area contributed by atoms with Gasteiger partial charge in [0, 0.05) is 24.8 Å². The van der Waals surface area contributed by atoms with Gasteiger partial charge in [0.25, 0.3) is 5.69 Å². The molecule has 0 saturated heterocycles. The highest BCUT2D eigenvalue weighted by Crippen LogP contribution is 2.28. The van der Waals surface area contributed by atoms with Crippen LogP contribution in [0, 0.1) is 10.1 Å². The van der Waals surface area contributed by atoms with Gasteiger partial charge in [-0.25, -0.2) is 0 Å². The van der Waals surface area contributed by atoms with Gasteiger partial charge in [-0.3, -0.25) is 10.1 Å². The molecule has 16 heavy (non-hydrogen) atoms. The number of hydrogen-bond acceptors (Lipinski definition) is 4. The van der Waals surface area contributed by atoms with Gasteiger partial charge in [0.2, 0.25) is 0 Å². The average molecular weight is 222 g/mol. The fourth-order valence-corrected chi connectivity index (χ4v) is 2.13. The molecule has 2 N–H and O–H groups in total. The summed E-state index contributed by atoms with van der Waals surface area (Å²) in [4.78, 5) is 10.3. The zero-order valence-electron chi connectivity index (χ0n) is 8.85. The highest BCUT2D eigenvalue weighted by molar-refractivity contribution is 5.42. The van der Waals surface area contributed by atoms with Crippen molar-refractivity contribution in [2.45, 2.75) is 18.9 Å². The molecule has 5 heteroatoms. The number of hydrogen-bond donors (Lipinski definition) is 2. The molecule has 2 rings (SSSR count). The third-order valence-corrected chi connectivity index (χ3v) is 2.92. The van der Waals surface area contributed by atoms with Crippen LogP contribution in [0.25, 0.3) is 0 Å². The van der Waals surface area contributed by atoms with Gasteiger partial charge < -0.3 is 10.4 Å². The molecule has 0 fully saturated rings. The number of nitrogens with one attached hydrogen (secondary N) is 1. The van der Waals surface area contributed by atoms with Crippen molar-refractivity contribution in [3.05, 3.63) is 39.4 Å². The third-order valence-electron chi connectivity index (χ3n) is 2.92. The first kappa shape index (κ1) is 11.0. The lowest BCUT2D eigenvalue weighted by Crippen LogP contribution is -2.30. The second kappa shape index (κ2) is 4.59. The molecule has 1 unspecified atom stereocenters. The minimum absolute atomic E-state index is 0.0358. The zero-order valence-corrected chi connectivity index (χ0v) is 8.85. The van der Waals surface area contributed by atoms with E-state index in [2.05, 4.69) is 5.32 Å². The van der Waals surface area contributed by atoms with Gasteiger partial charge >= 0.3 is 0 Å². The van der Waals surface area contributed by atoms with E-state index in [1.165, 1.54) is 0 Å².